The smallest absolute Gasteiger partial charge is 0.283 e. The lowest BCUT2D eigenvalue weighted by Gasteiger charge is -2.01. The number of hydrogen-bond acceptors (Lipinski definition) is 3. The number of H-pyrrole nitrogens is 1. The maximum Gasteiger partial charge on any atom is 0.283 e. The molecular weight excluding hydrogens is 260 g/mol. The summed E-state index contributed by atoms with van der Waals surface area (Å²) in [6, 6.07) is 14.7. The zero-order valence-electron chi connectivity index (χ0n) is 9.87. The summed E-state index contributed by atoms with van der Waals surface area (Å²) in [5.74, 6) is 0. The standard InChI is InChI=1S/C14H10N2O2S/c17-16(18)12-7-3-4-8-13(12)19-14-9-15-11-6-2-1-5-10(11)14/h1-9,15H. The van der Waals surface area contributed by atoms with Gasteiger partial charge < -0.3 is 4.98 Å². The van der Waals surface area contributed by atoms with Crippen molar-refractivity contribution in [3.05, 3.63) is 64.8 Å². The Morgan fingerprint density at radius 3 is 2.58 bits per heavy atom. The van der Waals surface area contributed by atoms with Crippen LogP contribution in [0.15, 0.2) is 64.5 Å². The van der Waals surface area contributed by atoms with E-state index in [-0.39, 0.29) is 10.6 Å². The number of aromatic amines is 1. The van der Waals surface area contributed by atoms with Gasteiger partial charge in [0.25, 0.3) is 5.69 Å². The Bertz CT molecular complexity index is 752. The Kier molecular flexibility index (Phi) is 2.97. The van der Waals surface area contributed by atoms with E-state index < -0.39 is 0 Å². The predicted molar refractivity (Wildman–Crippen MR) is 75.5 cm³/mol. The summed E-state index contributed by atoms with van der Waals surface area (Å²) >= 11 is 1.41. The van der Waals surface area contributed by atoms with E-state index in [0.717, 1.165) is 15.8 Å². The molecule has 0 aliphatic carbocycles. The number of nitrogens with one attached hydrogen (secondary N) is 1. The number of para-hydroxylation sites is 2. The second-order valence-electron chi connectivity index (χ2n) is 4.03. The summed E-state index contributed by atoms with van der Waals surface area (Å²) in [6.45, 7) is 0. The fourth-order valence-corrected chi connectivity index (χ4v) is 2.98. The molecule has 0 saturated carbocycles. The van der Waals surface area contributed by atoms with Crippen molar-refractivity contribution in [2.75, 3.05) is 0 Å². The van der Waals surface area contributed by atoms with Crippen LogP contribution in [0.4, 0.5) is 5.69 Å². The first-order valence-corrected chi connectivity index (χ1v) is 6.55. The van der Waals surface area contributed by atoms with Crippen LogP contribution in [0.3, 0.4) is 0 Å². The zero-order chi connectivity index (χ0) is 13.2. The van der Waals surface area contributed by atoms with Crippen molar-refractivity contribution < 1.29 is 4.92 Å². The molecule has 1 heterocycles. The number of nitro groups is 1. The number of hydrogen-bond donors (Lipinski definition) is 1. The Balaban J connectivity index is 2.04. The van der Waals surface area contributed by atoms with Crippen molar-refractivity contribution in [1.82, 2.24) is 4.98 Å². The molecule has 5 heteroatoms. The van der Waals surface area contributed by atoms with Gasteiger partial charge in [0, 0.05) is 28.1 Å². The van der Waals surface area contributed by atoms with Gasteiger partial charge in [0.2, 0.25) is 0 Å². The Morgan fingerprint density at radius 1 is 1.00 bits per heavy atom. The van der Waals surface area contributed by atoms with Gasteiger partial charge in [-0.3, -0.25) is 10.1 Å². The highest BCUT2D eigenvalue weighted by Gasteiger charge is 2.15. The number of nitro benzene ring substituents is 1. The molecule has 4 nitrogen and oxygen atoms in total. The van der Waals surface area contributed by atoms with E-state index >= 15 is 0 Å². The van der Waals surface area contributed by atoms with Crippen LogP contribution >= 0.6 is 11.8 Å². The Morgan fingerprint density at radius 2 is 1.74 bits per heavy atom. The minimum atomic E-state index is -0.350. The van der Waals surface area contributed by atoms with E-state index in [9.17, 15) is 10.1 Å². The predicted octanol–water partition coefficient (Wildman–Crippen LogP) is 4.23. The first-order valence-electron chi connectivity index (χ1n) is 5.73. The number of aromatic nitrogens is 1. The highest BCUT2D eigenvalue weighted by molar-refractivity contribution is 7.99. The summed E-state index contributed by atoms with van der Waals surface area (Å²) in [4.78, 5) is 15.5. The lowest BCUT2D eigenvalue weighted by Crippen LogP contribution is -1.89. The average Bonchev–Trinajstić information content (AvgIpc) is 2.83. The van der Waals surface area contributed by atoms with Crippen molar-refractivity contribution >= 4 is 28.4 Å². The maximum absolute atomic E-state index is 11.0. The second kappa shape index (κ2) is 4.78. The van der Waals surface area contributed by atoms with E-state index in [1.807, 2.05) is 36.5 Å². The monoisotopic (exact) mass is 270 g/mol. The van der Waals surface area contributed by atoms with Gasteiger partial charge in [-0.2, -0.15) is 0 Å². The first-order chi connectivity index (χ1) is 9.25. The summed E-state index contributed by atoms with van der Waals surface area (Å²) in [5.41, 5.74) is 1.17. The van der Waals surface area contributed by atoms with Crippen LogP contribution in [0.2, 0.25) is 0 Å². The number of benzene rings is 2. The van der Waals surface area contributed by atoms with Gasteiger partial charge in [0.15, 0.2) is 0 Å². The molecule has 0 saturated heterocycles. The van der Waals surface area contributed by atoms with Gasteiger partial charge in [-0.05, 0) is 12.1 Å². The zero-order valence-corrected chi connectivity index (χ0v) is 10.7. The van der Waals surface area contributed by atoms with Gasteiger partial charge in [-0.15, -0.1) is 0 Å². The molecule has 0 radical (unpaired) electrons. The van der Waals surface area contributed by atoms with Gasteiger partial charge in [-0.25, -0.2) is 0 Å². The molecule has 0 unspecified atom stereocenters. The molecule has 2 aromatic carbocycles. The normalized spacial score (nSPS) is 10.7. The molecule has 19 heavy (non-hydrogen) atoms. The molecule has 0 spiro atoms. The van der Waals surface area contributed by atoms with E-state index in [1.54, 1.807) is 12.1 Å². The number of fused-ring (bicyclic) bond motifs is 1. The Hall–Kier alpha value is -2.27. The quantitative estimate of drug-likeness (QED) is 0.572. The van der Waals surface area contributed by atoms with E-state index in [2.05, 4.69) is 4.98 Å². The molecule has 0 amide bonds. The molecule has 0 bridgehead atoms. The highest BCUT2D eigenvalue weighted by Crippen LogP contribution is 2.37. The van der Waals surface area contributed by atoms with Crippen molar-refractivity contribution in [1.29, 1.82) is 0 Å². The van der Waals surface area contributed by atoms with Gasteiger partial charge >= 0.3 is 0 Å². The molecule has 1 aromatic heterocycles. The summed E-state index contributed by atoms with van der Waals surface area (Å²) in [7, 11) is 0. The maximum atomic E-state index is 11.0. The molecule has 3 aromatic rings. The molecule has 94 valence electrons. The number of rotatable bonds is 3. The third kappa shape index (κ3) is 2.20. The molecule has 0 atom stereocenters. The van der Waals surface area contributed by atoms with Gasteiger partial charge in [0.05, 0.1) is 9.82 Å². The summed E-state index contributed by atoms with van der Waals surface area (Å²) in [6.07, 6.45) is 1.88. The van der Waals surface area contributed by atoms with Gasteiger partial charge in [0.1, 0.15) is 0 Å². The lowest BCUT2D eigenvalue weighted by atomic mass is 10.2. The topological polar surface area (TPSA) is 58.9 Å². The molecule has 0 aliphatic heterocycles. The fourth-order valence-electron chi connectivity index (χ4n) is 1.94. The van der Waals surface area contributed by atoms with Crippen LogP contribution in [-0.2, 0) is 0 Å². The molecule has 0 fully saturated rings. The van der Waals surface area contributed by atoms with Crippen LogP contribution in [0.25, 0.3) is 10.9 Å². The molecule has 1 N–H and O–H groups in total. The van der Waals surface area contributed by atoms with Crippen molar-refractivity contribution in [3.63, 3.8) is 0 Å². The van der Waals surface area contributed by atoms with Crippen molar-refractivity contribution in [3.8, 4) is 0 Å². The minimum Gasteiger partial charge on any atom is -0.360 e. The summed E-state index contributed by atoms with van der Waals surface area (Å²) < 4.78 is 0. The van der Waals surface area contributed by atoms with Crippen LogP contribution in [0.5, 0.6) is 0 Å². The van der Waals surface area contributed by atoms with Crippen molar-refractivity contribution in [2.24, 2.45) is 0 Å². The lowest BCUT2D eigenvalue weighted by molar-refractivity contribution is -0.387. The SMILES string of the molecule is O=[N+]([O-])c1ccccc1Sc1c[nH]c2ccccc12. The molecule has 3 rings (SSSR count). The van der Waals surface area contributed by atoms with E-state index in [0.29, 0.717) is 4.90 Å². The number of nitrogens with zero attached hydrogens (tertiary/aromatic N) is 1. The van der Waals surface area contributed by atoms with Crippen LogP contribution in [0, 0.1) is 10.1 Å². The Labute approximate surface area is 113 Å². The third-order valence-corrected chi connectivity index (χ3v) is 3.96. The molecular formula is C14H10N2O2S. The highest BCUT2D eigenvalue weighted by atomic mass is 32.2. The van der Waals surface area contributed by atoms with Crippen LogP contribution < -0.4 is 0 Å². The second-order valence-corrected chi connectivity index (χ2v) is 5.11. The van der Waals surface area contributed by atoms with Crippen LogP contribution in [0.1, 0.15) is 0 Å². The largest absolute Gasteiger partial charge is 0.360 e. The first kappa shape index (κ1) is 11.8. The minimum absolute atomic E-state index is 0.137. The van der Waals surface area contributed by atoms with Crippen molar-refractivity contribution in [2.45, 2.75) is 9.79 Å². The fraction of sp³-hybridized carbons (Fsp3) is 0. The van der Waals surface area contributed by atoms with Gasteiger partial charge in [-0.1, -0.05) is 42.1 Å². The van der Waals surface area contributed by atoms with E-state index in [1.165, 1.54) is 17.8 Å². The molecule has 0 aliphatic rings. The average molecular weight is 270 g/mol. The van der Waals surface area contributed by atoms with E-state index in [4.69, 9.17) is 0 Å². The summed E-state index contributed by atoms with van der Waals surface area (Å²) in [5, 5.41) is 12.1. The van der Waals surface area contributed by atoms with Crippen LogP contribution in [-0.4, -0.2) is 9.91 Å². The third-order valence-electron chi connectivity index (χ3n) is 2.83.